The monoisotopic (exact) mass is 283 g/mol. The van der Waals surface area contributed by atoms with Crippen molar-refractivity contribution in [2.75, 3.05) is 38.6 Å². The van der Waals surface area contributed by atoms with Crippen molar-refractivity contribution in [3.8, 4) is 0 Å². The average molecular weight is 284 g/mol. The number of anilines is 1. The lowest BCUT2D eigenvalue weighted by molar-refractivity contribution is 0.400. The second-order valence-corrected chi connectivity index (χ2v) is 5.64. The Balaban J connectivity index is 2.75. The van der Waals surface area contributed by atoms with Crippen LogP contribution in [0.25, 0.3) is 0 Å². The van der Waals surface area contributed by atoms with Gasteiger partial charge in [0.25, 0.3) is 0 Å². The van der Waals surface area contributed by atoms with E-state index in [4.69, 9.17) is 17.3 Å². The van der Waals surface area contributed by atoms with Gasteiger partial charge < -0.3 is 15.5 Å². The molecule has 0 radical (unpaired) electrons. The Kier molecular flexibility index (Phi) is 6.63. The molecular weight excluding hydrogens is 258 g/mol. The van der Waals surface area contributed by atoms with Crippen LogP contribution in [0.2, 0.25) is 5.02 Å². The first-order valence-electron chi connectivity index (χ1n) is 6.90. The third-order valence-electron chi connectivity index (χ3n) is 3.25. The smallest absolute Gasteiger partial charge is 0.0642 e. The molecule has 108 valence electrons. The second-order valence-electron chi connectivity index (χ2n) is 5.24. The van der Waals surface area contributed by atoms with Gasteiger partial charge in [0.2, 0.25) is 0 Å². The first-order chi connectivity index (χ1) is 8.95. The van der Waals surface area contributed by atoms with Crippen LogP contribution in [-0.4, -0.2) is 38.6 Å². The zero-order valence-electron chi connectivity index (χ0n) is 12.5. The van der Waals surface area contributed by atoms with E-state index in [0.717, 1.165) is 42.3 Å². The average Bonchev–Trinajstić information content (AvgIpc) is 2.34. The molecule has 0 bridgehead atoms. The molecule has 2 N–H and O–H groups in total. The van der Waals surface area contributed by atoms with Crippen molar-refractivity contribution in [3.05, 3.63) is 28.8 Å². The van der Waals surface area contributed by atoms with E-state index in [2.05, 4.69) is 43.0 Å². The summed E-state index contributed by atoms with van der Waals surface area (Å²) in [6, 6.07) is 6.16. The molecule has 0 saturated heterocycles. The summed E-state index contributed by atoms with van der Waals surface area (Å²) in [4.78, 5) is 4.52. The molecule has 19 heavy (non-hydrogen) atoms. The van der Waals surface area contributed by atoms with Gasteiger partial charge in [-0.3, -0.25) is 0 Å². The van der Waals surface area contributed by atoms with Crippen molar-refractivity contribution in [2.45, 2.75) is 26.3 Å². The fourth-order valence-corrected chi connectivity index (χ4v) is 2.40. The zero-order valence-corrected chi connectivity index (χ0v) is 13.2. The van der Waals surface area contributed by atoms with E-state index >= 15 is 0 Å². The number of benzene rings is 1. The number of nitrogens with two attached hydrogens (primary N) is 1. The quantitative estimate of drug-likeness (QED) is 0.834. The molecule has 0 aliphatic carbocycles. The number of rotatable bonds is 7. The summed E-state index contributed by atoms with van der Waals surface area (Å²) in [5, 5.41) is 0.793. The highest BCUT2D eigenvalue weighted by Crippen LogP contribution is 2.28. The molecule has 0 heterocycles. The predicted octanol–water partition coefficient (Wildman–Crippen LogP) is 3.14. The van der Waals surface area contributed by atoms with Crippen LogP contribution in [0.5, 0.6) is 0 Å². The van der Waals surface area contributed by atoms with Gasteiger partial charge in [-0.15, -0.1) is 0 Å². The lowest BCUT2D eigenvalue weighted by Crippen LogP contribution is -2.27. The first-order valence-corrected chi connectivity index (χ1v) is 7.28. The Labute approximate surface area is 122 Å². The topological polar surface area (TPSA) is 32.5 Å². The SMILES string of the molecule is CCN(CCCN(C)C)c1ccc([C@H](C)N)cc1Cl. The molecular formula is C15H26ClN3. The minimum atomic E-state index is 0.0235. The van der Waals surface area contributed by atoms with E-state index in [1.807, 2.05) is 13.0 Å². The number of halogens is 1. The van der Waals surface area contributed by atoms with Gasteiger partial charge in [0, 0.05) is 19.1 Å². The van der Waals surface area contributed by atoms with Crippen LogP contribution in [-0.2, 0) is 0 Å². The van der Waals surface area contributed by atoms with Gasteiger partial charge in [0.05, 0.1) is 10.7 Å². The fourth-order valence-electron chi connectivity index (χ4n) is 2.09. The Bertz CT molecular complexity index is 391. The van der Waals surface area contributed by atoms with Crippen molar-refractivity contribution in [1.29, 1.82) is 0 Å². The zero-order chi connectivity index (χ0) is 14.4. The van der Waals surface area contributed by atoms with E-state index in [1.54, 1.807) is 0 Å². The minimum Gasteiger partial charge on any atom is -0.371 e. The highest BCUT2D eigenvalue weighted by atomic mass is 35.5. The van der Waals surface area contributed by atoms with Crippen LogP contribution in [0.1, 0.15) is 31.9 Å². The van der Waals surface area contributed by atoms with Crippen molar-refractivity contribution >= 4 is 17.3 Å². The normalized spacial score (nSPS) is 12.8. The Morgan fingerprint density at radius 2 is 1.95 bits per heavy atom. The molecule has 0 amide bonds. The largest absolute Gasteiger partial charge is 0.371 e. The van der Waals surface area contributed by atoms with Gasteiger partial charge in [-0.05, 0) is 58.6 Å². The molecule has 3 nitrogen and oxygen atoms in total. The molecule has 1 rings (SSSR count). The first kappa shape index (κ1) is 16.3. The van der Waals surface area contributed by atoms with Crippen molar-refractivity contribution in [2.24, 2.45) is 5.73 Å². The summed E-state index contributed by atoms with van der Waals surface area (Å²) in [5.41, 5.74) is 8.06. The van der Waals surface area contributed by atoms with E-state index in [1.165, 1.54) is 0 Å². The Hall–Kier alpha value is -0.770. The molecule has 1 atom stereocenters. The summed E-state index contributed by atoms with van der Waals surface area (Å²) in [6.07, 6.45) is 1.13. The summed E-state index contributed by atoms with van der Waals surface area (Å²) >= 11 is 6.38. The summed E-state index contributed by atoms with van der Waals surface area (Å²) in [6.45, 7) is 7.20. The van der Waals surface area contributed by atoms with Crippen molar-refractivity contribution < 1.29 is 0 Å². The fraction of sp³-hybridized carbons (Fsp3) is 0.600. The van der Waals surface area contributed by atoms with Gasteiger partial charge in [0.15, 0.2) is 0 Å². The molecule has 0 aliphatic rings. The van der Waals surface area contributed by atoms with E-state index in [0.29, 0.717) is 0 Å². The molecule has 0 aromatic heterocycles. The lowest BCUT2D eigenvalue weighted by Gasteiger charge is -2.25. The van der Waals surface area contributed by atoms with Crippen LogP contribution in [0.15, 0.2) is 18.2 Å². The molecule has 4 heteroatoms. The van der Waals surface area contributed by atoms with Crippen LogP contribution in [0.3, 0.4) is 0 Å². The van der Waals surface area contributed by atoms with Gasteiger partial charge in [-0.25, -0.2) is 0 Å². The summed E-state index contributed by atoms with van der Waals surface area (Å²) in [7, 11) is 4.20. The number of hydrogen-bond acceptors (Lipinski definition) is 3. The van der Waals surface area contributed by atoms with Crippen LogP contribution >= 0.6 is 11.6 Å². The van der Waals surface area contributed by atoms with Crippen molar-refractivity contribution in [1.82, 2.24) is 4.90 Å². The van der Waals surface area contributed by atoms with Gasteiger partial charge in [0.1, 0.15) is 0 Å². The molecule has 0 saturated carbocycles. The molecule has 0 spiro atoms. The van der Waals surface area contributed by atoms with Gasteiger partial charge >= 0.3 is 0 Å². The Morgan fingerprint density at radius 1 is 1.26 bits per heavy atom. The number of hydrogen-bond donors (Lipinski definition) is 1. The van der Waals surface area contributed by atoms with E-state index in [9.17, 15) is 0 Å². The standard InChI is InChI=1S/C15H26ClN3/c1-5-19(10-6-9-18(3)4)15-8-7-13(12(2)17)11-14(15)16/h7-8,11-12H,5-6,9-10,17H2,1-4H3/t12-/m0/s1. The minimum absolute atomic E-state index is 0.0235. The maximum atomic E-state index is 6.38. The van der Waals surface area contributed by atoms with Crippen LogP contribution < -0.4 is 10.6 Å². The van der Waals surface area contributed by atoms with E-state index < -0.39 is 0 Å². The second kappa shape index (κ2) is 7.73. The predicted molar refractivity (Wildman–Crippen MR) is 85.1 cm³/mol. The molecule has 1 aromatic carbocycles. The highest BCUT2D eigenvalue weighted by Gasteiger charge is 2.10. The van der Waals surface area contributed by atoms with Crippen LogP contribution in [0, 0.1) is 0 Å². The maximum absolute atomic E-state index is 6.38. The maximum Gasteiger partial charge on any atom is 0.0642 e. The molecule has 0 aliphatic heterocycles. The van der Waals surface area contributed by atoms with Crippen LogP contribution in [0.4, 0.5) is 5.69 Å². The van der Waals surface area contributed by atoms with Gasteiger partial charge in [-0.2, -0.15) is 0 Å². The highest BCUT2D eigenvalue weighted by molar-refractivity contribution is 6.33. The molecule has 0 unspecified atom stereocenters. The summed E-state index contributed by atoms with van der Waals surface area (Å²) < 4.78 is 0. The number of nitrogens with zero attached hydrogens (tertiary/aromatic N) is 2. The third kappa shape index (κ3) is 5.01. The lowest BCUT2D eigenvalue weighted by atomic mass is 10.1. The van der Waals surface area contributed by atoms with E-state index in [-0.39, 0.29) is 6.04 Å². The van der Waals surface area contributed by atoms with Gasteiger partial charge in [-0.1, -0.05) is 17.7 Å². The Morgan fingerprint density at radius 3 is 2.42 bits per heavy atom. The molecule has 1 aromatic rings. The van der Waals surface area contributed by atoms with Crippen molar-refractivity contribution in [3.63, 3.8) is 0 Å². The molecule has 0 fully saturated rings. The summed E-state index contributed by atoms with van der Waals surface area (Å²) in [5.74, 6) is 0. The third-order valence-corrected chi connectivity index (χ3v) is 3.56.